The lowest BCUT2D eigenvalue weighted by molar-refractivity contribution is -0.385. The highest BCUT2D eigenvalue weighted by molar-refractivity contribution is 5.58. The van der Waals surface area contributed by atoms with Crippen molar-refractivity contribution in [1.82, 2.24) is 5.32 Å². The van der Waals surface area contributed by atoms with Gasteiger partial charge in [0, 0.05) is 30.9 Å². The molecule has 6 nitrogen and oxygen atoms in total. The number of anilines is 1. The molecule has 0 atom stereocenters. The van der Waals surface area contributed by atoms with Crippen molar-refractivity contribution in [2.45, 2.75) is 20.3 Å². The van der Waals surface area contributed by atoms with Gasteiger partial charge in [-0.05, 0) is 26.0 Å². The molecule has 0 amide bonds. The molecule has 106 valence electrons. The van der Waals surface area contributed by atoms with E-state index in [-0.39, 0.29) is 5.69 Å². The Morgan fingerprint density at radius 1 is 1.26 bits per heavy atom. The van der Waals surface area contributed by atoms with Crippen LogP contribution in [0.3, 0.4) is 0 Å². The molecule has 19 heavy (non-hydrogen) atoms. The third kappa shape index (κ3) is 5.13. The molecule has 0 bridgehead atoms. The molecule has 0 aliphatic carbocycles. The zero-order chi connectivity index (χ0) is 14.1. The molecule has 0 heterocycles. The Balaban J connectivity index is 2.59. The predicted octanol–water partition coefficient (Wildman–Crippen LogP) is 2.41. The van der Waals surface area contributed by atoms with Gasteiger partial charge in [0.1, 0.15) is 0 Å². The molecule has 1 rings (SSSR count). The third-order valence-corrected chi connectivity index (χ3v) is 2.51. The Kier molecular flexibility index (Phi) is 6.67. The standard InChI is InChI=1S/C13H21N3O3/c1-3-7-14-8-9-15-11-5-6-12(16(17)18)13(10-11)19-4-2/h5-6,10,14-15H,3-4,7-9H2,1-2H3. The first-order valence-corrected chi connectivity index (χ1v) is 6.54. The van der Waals surface area contributed by atoms with E-state index in [1.807, 2.05) is 0 Å². The van der Waals surface area contributed by atoms with E-state index >= 15 is 0 Å². The highest BCUT2D eigenvalue weighted by Gasteiger charge is 2.14. The van der Waals surface area contributed by atoms with Crippen molar-refractivity contribution in [2.24, 2.45) is 0 Å². The summed E-state index contributed by atoms with van der Waals surface area (Å²) in [4.78, 5) is 10.4. The van der Waals surface area contributed by atoms with E-state index in [0.29, 0.717) is 12.4 Å². The number of nitro groups is 1. The molecule has 1 aromatic carbocycles. The van der Waals surface area contributed by atoms with Gasteiger partial charge in [0.2, 0.25) is 0 Å². The van der Waals surface area contributed by atoms with Crippen molar-refractivity contribution < 1.29 is 9.66 Å². The summed E-state index contributed by atoms with van der Waals surface area (Å²) in [6.45, 7) is 6.94. The van der Waals surface area contributed by atoms with Crippen LogP contribution in [-0.4, -0.2) is 31.2 Å². The molecule has 1 aromatic rings. The zero-order valence-corrected chi connectivity index (χ0v) is 11.4. The van der Waals surface area contributed by atoms with Crippen LogP contribution in [0.1, 0.15) is 20.3 Å². The maximum Gasteiger partial charge on any atom is 0.311 e. The third-order valence-electron chi connectivity index (χ3n) is 2.51. The molecule has 0 aliphatic heterocycles. The first-order chi connectivity index (χ1) is 9.19. The van der Waals surface area contributed by atoms with Crippen LogP contribution in [0.5, 0.6) is 5.75 Å². The van der Waals surface area contributed by atoms with E-state index < -0.39 is 4.92 Å². The van der Waals surface area contributed by atoms with Crippen LogP contribution in [-0.2, 0) is 0 Å². The molecule has 0 fully saturated rings. The van der Waals surface area contributed by atoms with Crippen molar-refractivity contribution in [3.63, 3.8) is 0 Å². The van der Waals surface area contributed by atoms with Gasteiger partial charge in [-0.25, -0.2) is 0 Å². The summed E-state index contributed by atoms with van der Waals surface area (Å²) < 4.78 is 5.29. The molecule has 0 saturated carbocycles. The molecule has 0 aromatic heterocycles. The number of rotatable bonds is 9. The fourth-order valence-corrected chi connectivity index (χ4v) is 1.64. The van der Waals surface area contributed by atoms with Crippen LogP contribution in [0.4, 0.5) is 11.4 Å². The van der Waals surface area contributed by atoms with Gasteiger partial charge in [0.25, 0.3) is 0 Å². The quantitative estimate of drug-likeness (QED) is 0.408. The lowest BCUT2D eigenvalue weighted by Gasteiger charge is -2.09. The Morgan fingerprint density at radius 3 is 2.68 bits per heavy atom. The number of hydrogen-bond acceptors (Lipinski definition) is 5. The van der Waals surface area contributed by atoms with Crippen LogP contribution < -0.4 is 15.4 Å². The van der Waals surface area contributed by atoms with E-state index in [4.69, 9.17) is 4.74 Å². The molecule has 2 N–H and O–H groups in total. The summed E-state index contributed by atoms with van der Waals surface area (Å²) in [7, 11) is 0. The SMILES string of the molecule is CCCNCCNc1ccc([N+](=O)[O-])c(OCC)c1. The number of hydrogen-bond donors (Lipinski definition) is 2. The lowest BCUT2D eigenvalue weighted by atomic mass is 10.2. The Bertz CT molecular complexity index is 410. The normalized spacial score (nSPS) is 10.2. The molecular weight excluding hydrogens is 246 g/mol. The van der Waals surface area contributed by atoms with Crippen molar-refractivity contribution in [3.05, 3.63) is 28.3 Å². The number of nitro benzene ring substituents is 1. The van der Waals surface area contributed by atoms with E-state index in [1.54, 1.807) is 19.1 Å². The van der Waals surface area contributed by atoms with Gasteiger partial charge < -0.3 is 15.4 Å². The first-order valence-electron chi connectivity index (χ1n) is 6.54. The summed E-state index contributed by atoms with van der Waals surface area (Å²) in [6, 6.07) is 4.83. The van der Waals surface area contributed by atoms with E-state index in [1.165, 1.54) is 6.07 Å². The van der Waals surface area contributed by atoms with Crippen LogP contribution in [0, 0.1) is 10.1 Å². The molecular formula is C13H21N3O3. The fraction of sp³-hybridized carbons (Fsp3) is 0.538. The minimum absolute atomic E-state index is 0.00323. The van der Waals surface area contributed by atoms with Gasteiger partial charge in [-0.2, -0.15) is 0 Å². The lowest BCUT2D eigenvalue weighted by Crippen LogP contribution is -2.22. The van der Waals surface area contributed by atoms with Crippen LogP contribution >= 0.6 is 0 Å². The summed E-state index contributed by atoms with van der Waals surface area (Å²) in [5, 5.41) is 17.3. The van der Waals surface area contributed by atoms with Gasteiger partial charge >= 0.3 is 5.69 Å². The summed E-state index contributed by atoms with van der Waals surface area (Å²) in [5.74, 6) is 0.305. The maximum atomic E-state index is 10.8. The monoisotopic (exact) mass is 267 g/mol. The zero-order valence-electron chi connectivity index (χ0n) is 11.4. The van der Waals surface area contributed by atoms with Gasteiger partial charge in [-0.3, -0.25) is 10.1 Å². The Labute approximate surface area is 113 Å². The molecule has 0 radical (unpaired) electrons. The predicted molar refractivity (Wildman–Crippen MR) is 75.9 cm³/mol. The molecule has 0 aliphatic rings. The van der Waals surface area contributed by atoms with Gasteiger partial charge in [-0.15, -0.1) is 0 Å². The first kappa shape index (κ1) is 15.2. The van der Waals surface area contributed by atoms with E-state index in [9.17, 15) is 10.1 Å². The highest BCUT2D eigenvalue weighted by Crippen LogP contribution is 2.29. The number of nitrogens with zero attached hydrogens (tertiary/aromatic N) is 1. The van der Waals surface area contributed by atoms with Gasteiger partial charge in [0.15, 0.2) is 5.75 Å². The minimum Gasteiger partial charge on any atom is -0.487 e. The van der Waals surface area contributed by atoms with Crippen molar-refractivity contribution in [2.75, 3.05) is 31.6 Å². The van der Waals surface area contributed by atoms with Gasteiger partial charge in [-0.1, -0.05) is 6.92 Å². The Morgan fingerprint density at radius 2 is 2.05 bits per heavy atom. The maximum absolute atomic E-state index is 10.8. The molecule has 0 unspecified atom stereocenters. The van der Waals surface area contributed by atoms with Crippen molar-refractivity contribution in [3.8, 4) is 5.75 Å². The van der Waals surface area contributed by atoms with Crippen molar-refractivity contribution in [1.29, 1.82) is 0 Å². The molecule has 0 saturated heterocycles. The van der Waals surface area contributed by atoms with Crippen molar-refractivity contribution >= 4 is 11.4 Å². The Hall–Kier alpha value is -1.82. The second-order valence-electron chi connectivity index (χ2n) is 4.05. The fourth-order valence-electron chi connectivity index (χ4n) is 1.64. The van der Waals surface area contributed by atoms with E-state index in [2.05, 4.69) is 17.6 Å². The number of benzene rings is 1. The largest absolute Gasteiger partial charge is 0.487 e. The van der Waals surface area contributed by atoms with Gasteiger partial charge in [0.05, 0.1) is 11.5 Å². The van der Waals surface area contributed by atoms with E-state index in [0.717, 1.165) is 31.7 Å². The van der Waals surface area contributed by atoms with Crippen LogP contribution in [0.25, 0.3) is 0 Å². The molecule has 6 heteroatoms. The second-order valence-corrected chi connectivity index (χ2v) is 4.05. The van der Waals surface area contributed by atoms with Crippen LogP contribution in [0.15, 0.2) is 18.2 Å². The highest BCUT2D eigenvalue weighted by atomic mass is 16.6. The second kappa shape index (κ2) is 8.31. The average Bonchev–Trinajstić information content (AvgIpc) is 2.39. The molecule has 0 spiro atoms. The minimum atomic E-state index is -0.433. The average molecular weight is 267 g/mol. The number of nitrogens with one attached hydrogen (secondary N) is 2. The summed E-state index contributed by atoms with van der Waals surface area (Å²) >= 11 is 0. The topological polar surface area (TPSA) is 76.4 Å². The summed E-state index contributed by atoms with van der Waals surface area (Å²) in [5.41, 5.74) is 0.823. The summed E-state index contributed by atoms with van der Waals surface area (Å²) in [6.07, 6.45) is 1.10. The number of ether oxygens (including phenoxy) is 1. The van der Waals surface area contributed by atoms with Crippen LogP contribution in [0.2, 0.25) is 0 Å². The smallest absolute Gasteiger partial charge is 0.311 e.